The molecule has 0 aromatic carbocycles. The monoisotopic (exact) mass is 317 g/mol. The lowest BCUT2D eigenvalue weighted by atomic mass is 9.88. The fourth-order valence-corrected chi connectivity index (χ4v) is 3.11. The molecule has 1 aromatic rings. The van der Waals surface area contributed by atoms with Gasteiger partial charge in [-0.1, -0.05) is 19.9 Å². The van der Waals surface area contributed by atoms with Gasteiger partial charge in [0.2, 0.25) is 11.8 Å². The van der Waals surface area contributed by atoms with Gasteiger partial charge in [0, 0.05) is 43.9 Å². The molecule has 0 aliphatic carbocycles. The van der Waals surface area contributed by atoms with Gasteiger partial charge in [0.25, 0.3) is 0 Å². The Hall–Kier alpha value is -1.91. The van der Waals surface area contributed by atoms with E-state index >= 15 is 0 Å². The van der Waals surface area contributed by atoms with E-state index in [1.54, 1.807) is 6.20 Å². The molecule has 1 aromatic heterocycles. The molecular formula is C18H27N3O2. The Morgan fingerprint density at radius 3 is 2.87 bits per heavy atom. The third-order valence-corrected chi connectivity index (χ3v) is 4.37. The highest BCUT2D eigenvalue weighted by molar-refractivity contribution is 5.84. The zero-order valence-corrected chi connectivity index (χ0v) is 14.3. The lowest BCUT2D eigenvalue weighted by molar-refractivity contribution is -0.142. The van der Waals surface area contributed by atoms with E-state index in [2.05, 4.69) is 24.1 Å². The summed E-state index contributed by atoms with van der Waals surface area (Å²) in [4.78, 5) is 30.7. The number of carbonyl (C=O) groups excluding carboxylic acids is 2. The Kier molecular flexibility index (Phi) is 6.13. The number of rotatable bonds is 6. The first kappa shape index (κ1) is 17.4. The van der Waals surface area contributed by atoms with Crippen LogP contribution in [0.3, 0.4) is 0 Å². The van der Waals surface area contributed by atoms with E-state index in [1.165, 1.54) is 0 Å². The van der Waals surface area contributed by atoms with Gasteiger partial charge in [-0.2, -0.15) is 0 Å². The number of carbonyl (C=O) groups is 2. The second kappa shape index (κ2) is 8.09. The van der Waals surface area contributed by atoms with Crippen LogP contribution in [0.1, 0.15) is 39.3 Å². The summed E-state index contributed by atoms with van der Waals surface area (Å²) < 4.78 is 0. The molecule has 1 N–H and O–H groups in total. The Balaban J connectivity index is 1.87. The summed E-state index contributed by atoms with van der Waals surface area (Å²) in [7, 11) is 0. The second-order valence-electron chi connectivity index (χ2n) is 6.69. The molecule has 5 nitrogen and oxygen atoms in total. The molecule has 0 unspecified atom stereocenters. The van der Waals surface area contributed by atoms with E-state index < -0.39 is 0 Å². The number of aromatic nitrogens is 1. The molecule has 0 saturated carbocycles. The molecule has 23 heavy (non-hydrogen) atoms. The van der Waals surface area contributed by atoms with Crippen molar-refractivity contribution in [2.24, 2.45) is 11.8 Å². The second-order valence-corrected chi connectivity index (χ2v) is 6.69. The number of piperidine rings is 1. The van der Waals surface area contributed by atoms with Gasteiger partial charge in [-0.05, 0) is 31.4 Å². The van der Waals surface area contributed by atoms with Crippen LogP contribution in [-0.2, 0) is 16.0 Å². The Morgan fingerprint density at radius 2 is 2.22 bits per heavy atom. The normalized spacial score (nSPS) is 21.6. The number of nitrogens with zero attached hydrogens (tertiary/aromatic N) is 2. The highest BCUT2D eigenvalue weighted by Crippen LogP contribution is 2.25. The van der Waals surface area contributed by atoms with E-state index in [1.807, 2.05) is 30.0 Å². The van der Waals surface area contributed by atoms with Crippen molar-refractivity contribution in [3.8, 4) is 0 Å². The minimum Gasteiger partial charge on any atom is -0.355 e. The minimum atomic E-state index is -0.116. The molecule has 0 radical (unpaired) electrons. The molecule has 1 saturated heterocycles. The highest BCUT2D eigenvalue weighted by Gasteiger charge is 2.36. The van der Waals surface area contributed by atoms with Crippen LogP contribution in [-0.4, -0.2) is 40.8 Å². The van der Waals surface area contributed by atoms with Gasteiger partial charge in [-0.15, -0.1) is 0 Å². The fourth-order valence-electron chi connectivity index (χ4n) is 3.11. The molecule has 2 heterocycles. The van der Waals surface area contributed by atoms with Crippen molar-refractivity contribution < 1.29 is 9.59 Å². The zero-order chi connectivity index (χ0) is 16.8. The number of hydrogen-bond donors (Lipinski definition) is 1. The van der Waals surface area contributed by atoms with Gasteiger partial charge in [-0.3, -0.25) is 14.6 Å². The predicted octanol–water partition coefficient (Wildman–Crippen LogP) is 2.02. The maximum Gasteiger partial charge on any atom is 0.225 e. The SMILES string of the molecule is CC(C)CN1C(=O)CC[C@@H](C(=O)NCCc2ccccn2)[C@H]1C. The first-order valence-electron chi connectivity index (χ1n) is 8.46. The number of nitrogens with one attached hydrogen (secondary N) is 1. The first-order valence-corrected chi connectivity index (χ1v) is 8.46. The summed E-state index contributed by atoms with van der Waals surface area (Å²) in [5.41, 5.74) is 0.973. The van der Waals surface area contributed by atoms with Crippen molar-refractivity contribution in [2.45, 2.75) is 46.1 Å². The molecule has 1 aliphatic rings. The van der Waals surface area contributed by atoms with E-state index in [0.29, 0.717) is 25.3 Å². The van der Waals surface area contributed by atoms with Crippen LogP contribution in [0.5, 0.6) is 0 Å². The Morgan fingerprint density at radius 1 is 1.43 bits per heavy atom. The molecular weight excluding hydrogens is 290 g/mol. The van der Waals surface area contributed by atoms with E-state index in [0.717, 1.165) is 18.7 Å². The quantitative estimate of drug-likeness (QED) is 0.873. The predicted molar refractivity (Wildman–Crippen MR) is 89.7 cm³/mol. The lowest BCUT2D eigenvalue weighted by Crippen LogP contribution is -2.52. The molecule has 0 bridgehead atoms. The summed E-state index contributed by atoms with van der Waals surface area (Å²) in [5, 5.41) is 3.00. The molecule has 126 valence electrons. The van der Waals surface area contributed by atoms with E-state index in [-0.39, 0.29) is 23.8 Å². The fraction of sp³-hybridized carbons (Fsp3) is 0.611. The smallest absolute Gasteiger partial charge is 0.225 e. The average molecular weight is 317 g/mol. The third-order valence-electron chi connectivity index (χ3n) is 4.37. The molecule has 1 fully saturated rings. The third kappa shape index (κ3) is 4.78. The van der Waals surface area contributed by atoms with Crippen LogP contribution in [0.4, 0.5) is 0 Å². The first-order chi connectivity index (χ1) is 11.0. The van der Waals surface area contributed by atoms with Crippen LogP contribution in [0, 0.1) is 11.8 Å². The molecule has 5 heteroatoms. The minimum absolute atomic E-state index is 0.0338. The topological polar surface area (TPSA) is 62.3 Å². The summed E-state index contributed by atoms with van der Waals surface area (Å²) in [5.74, 6) is 0.515. The van der Waals surface area contributed by atoms with Gasteiger partial charge in [0.05, 0.1) is 5.92 Å². The van der Waals surface area contributed by atoms with Crippen molar-refractivity contribution >= 4 is 11.8 Å². The van der Waals surface area contributed by atoms with Crippen LogP contribution in [0.2, 0.25) is 0 Å². The van der Waals surface area contributed by atoms with Gasteiger partial charge < -0.3 is 10.2 Å². The van der Waals surface area contributed by atoms with Gasteiger partial charge in [-0.25, -0.2) is 0 Å². The van der Waals surface area contributed by atoms with Crippen LogP contribution >= 0.6 is 0 Å². The molecule has 1 aliphatic heterocycles. The summed E-state index contributed by atoms with van der Waals surface area (Å²) in [6, 6.07) is 5.75. The van der Waals surface area contributed by atoms with E-state index in [4.69, 9.17) is 0 Å². The van der Waals surface area contributed by atoms with E-state index in [9.17, 15) is 9.59 Å². The number of likely N-dealkylation sites (tertiary alicyclic amines) is 1. The van der Waals surface area contributed by atoms with Crippen molar-refractivity contribution in [2.75, 3.05) is 13.1 Å². The Labute approximate surface area is 138 Å². The van der Waals surface area contributed by atoms with Crippen LogP contribution in [0.15, 0.2) is 24.4 Å². The number of amides is 2. The maximum absolute atomic E-state index is 12.5. The molecule has 2 rings (SSSR count). The Bertz CT molecular complexity index is 530. The van der Waals surface area contributed by atoms with Gasteiger partial charge in [0.1, 0.15) is 0 Å². The molecule has 2 atom stereocenters. The number of pyridine rings is 1. The lowest BCUT2D eigenvalue weighted by Gasteiger charge is -2.39. The average Bonchev–Trinajstić information content (AvgIpc) is 2.52. The van der Waals surface area contributed by atoms with Crippen molar-refractivity contribution in [1.29, 1.82) is 0 Å². The van der Waals surface area contributed by atoms with Crippen LogP contribution < -0.4 is 5.32 Å². The summed E-state index contributed by atoms with van der Waals surface area (Å²) in [6.45, 7) is 7.48. The van der Waals surface area contributed by atoms with Gasteiger partial charge >= 0.3 is 0 Å². The number of hydrogen-bond acceptors (Lipinski definition) is 3. The van der Waals surface area contributed by atoms with Crippen molar-refractivity contribution in [1.82, 2.24) is 15.2 Å². The summed E-state index contributed by atoms with van der Waals surface area (Å²) >= 11 is 0. The summed E-state index contributed by atoms with van der Waals surface area (Å²) in [6.07, 6.45) is 3.59. The van der Waals surface area contributed by atoms with Crippen molar-refractivity contribution in [3.05, 3.63) is 30.1 Å². The van der Waals surface area contributed by atoms with Gasteiger partial charge in [0.15, 0.2) is 0 Å². The zero-order valence-electron chi connectivity index (χ0n) is 14.3. The molecule has 0 spiro atoms. The van der Waals surface area contributed by atoms with Crippen molar-refractivity contribution in [3.63, 3.8) is 0 Å². The maximum atomic E-state index is 12.5. The standard InChI is InChI=1S/C18H27N3O2/c1-13(2)12-21-14(3)16(7-8-17(21)22)18(23)20-11-9-15-6-4-5-10-19-15/h4-6,10,13-14,16H,7-9,11-12H2,1-3H3,(H,20,23)/t14-,16-/m1/s1. The largest absolute Gasteiger partial charge is 0.355 e. The van der Waals surface area contributed by atoms with Crippen LogP contribution in [0.25, 0.3) is 0 Å². The molecule has 2 amide bonds. The highest BCUT2D eigenvalue weighted by atomic mass is 16.2.